The van der Waals surface area contributed by atoms with E-state index in [2.05, 4.69) is 9.72 Å². The van der Waals surface area contributed by atoms with Gasteiger partial charge in [0.25, 0.3) is 5.91 Å². The third-order valence-corrected chi connectivity index (χ3v) is 7.58. The number of fused-ring (bicyclic) bond motifs is 1. The first-order valence-electron chi connectivity index (χ1n) is 10.9. The van der Waals surface area contributed by atoms with E-state index >= 15 is 4.39 Å². The molecule has 0 unspecified atom stereocenters. The molecule has 1 aliphatic carbocycles. The number of rotatable bonds is 8. The van der Waals surface area contributed by atoms with Gasteiger partial charge in [-0.3, -0.25) is 9.78 Å². The van der Waals surface area contributed by atoms with E-state index in [4.69, 9.17) is 5.73 Å². The first kappa shape index (κ1) is 26.7. The third kappa shape index (κ3) is 5.09. The smallest absolute Gasteiger partial charge is 0.404 e. The first-order valence-corrected chi connectivity index (χ1v) is 12.4. The van der Waals surface area contributed by atoms with Gasteiger partial charge in [-0.2, -0.15) is 26.7 Å². The van der Waals surface area contributed by atoms with E-state index in [1.54, 1.807) is 0 Å². The Labute approximate surface area is 206 Å². The van der Waals surface area contributed by atoms with Crippen molar-refractivity contribution in [1.82, 2.24) is 14.3 Å². The summed E-state index contributed by atoms with van der Waals surface area (Å²) >= 11 is 0. The van der Waals surface area contributed by atoms with Crippen molar-refractivity contribution in [2.24, 2.45) is 5.73 Å². The summed E-state index contributed by atoms with van der Waals surface area (Å²) in [7, 11) is -4.62. The minimum atomic E-state index is -4.82. The second-order valence-corrected chi connectivity index (χ2v) is 10.2. The van der Waals surface area contributed by atoms with Gasteiger partial charge in [0.1, 0.15) is 22.5 Å². The zero-order valence-electron chi connectivity index (χ0n) is 19.0. The fourth-order valence-corrected chi connectivity index (χ4v) is 5.27. The number of hydrogen-bond donors (Lipinski definition) is 2. The lowest BCUT2D eigenvalue weighted by Gasteiger charge is -2.30. The predicted octanol–water partition coefficient (Wildman–Crippen LogP) is 4.50. The second-order valence-electron chi connectivity index (χ2n) is 8.48. The summed E-state index contributed by atoms with van der Waals surface area (Å²) in [4.78, 5) is 15.9. The van der Waals surface area contributed by atoms with E-state index in [1.807, 2.05) is 0 Å². The minimum Gasteiger partial charge on any atom is -0.435 e. The molecule has 0 spiro atoms. The standard InChI is InChI=1S/C22H20F6N4O4S/c1-10(22(26,27)28)31-37(34,35)13-5-6-15(30-9-13)19-18(20(29)33)17-14(23)7-12(36-21(24)25)8-16(17)32(19)11-3-2-4-11/h5-11,21,31H,2-4H2,1H3,(H2,29,33)/t10-/m0/s1. The van der Waals surface area contributed by atoms with Gasteiger partial charge in [0.2, 0.25) is 10.0 Å². The minimum absolute atomic E-state index is 0.0147. The van der Waals surface area contributed by atoms with Crippen molar-refractivity contribution in [3.8, 4) is 17.1 Å². The Bertz CT molecular complexity index is 1450. The van der Waals surface area contributed by atoms with E-state index < -0.39 is 51.2 Å². The summed E-state index contributed by atoms with van der Waals surface area (Å²) in [6.45, 7) is -2.60. The average molecular weight is 550 g/mol. The Morgan fingerprint density at radius 1 is 1.24 bits per heavy atom. The van der Waals surface area contributed by atoms with Crippen LogP contribution in [0.3, 0.4) is 0 Å². The highest BCUT2D eigenvalue weighted by Crippen LogP contribution is 2.44. The van der Waals surface area contributed by atoms with Crippen LogP contribution in [-0.4, -0.2) is 42.7 Å². The summed E-state index contributed by atoms with van der Waals surface area (Å²) in [6, 6.07) is 1.28. The van der Waals surface area contributed by atoms with Crippen LogP contribution in [-0.2, 0) is 10.0 Å². The molecule has 2 heterocycles. The highest BCUT2D eigenvalue weighted by atomic mass is 32.2. The van der Waals surface area contributed by atoms with Crippen LogP contribution in [0, 0.1) is 5.82 Å². The topological polar surface area (TPSA) is 116 Å². The van der Waals surface area contributed by atoms with Gasteiger partial charge < -0.3 is 15.0 Å². The predicted molar refractivity (Wildman–Crippen MR) is 119 cm³/mol. The van der Waals surface area contributed by atoms with E-state index in [0.29, 0.717) is 25.8 Å². The van der Waals surface area contributed by atoms with Gasteiger partial charge in [0, 0.05) is 29.8 Å². The lowest BCUT2D eigenvalue weighted by molar-refractivity contribution is -0.147. The Kier molecular flexibility index (Phi) is 6.88. The van der Waals surface area contributed by atoms with E-state index in [-0.39, 0.29) is 33.9 Å². The van der Waals surface area contributed by atoms with Gasteiger partial charge in [-0.05, 0) is 38.3 Å². The largest absolute Gasteiger partial charge is 0.435 e. The lowest BCUT2D eigenvalue weighted by Crippen LogP contribution is -2.42. The van der Waals surface area contributed by atoms with Gasteiger partial charge in [-0.25, -0.2) is 12.8 Å². The maximum absolute atomic E-state index is 15.1. The summed E-state index contributed by atoms with van der Waals surface area (Å²) in [5, 5.41) is -0.254. The number of nitrogens with zero attached hydrogens (tertiary/aromatic N) is 2. The molecule has 1 fully saturated rings. The van der Waals surface area contributed by atoms with Crippen LogP contribution in [0.25, 0.3) is 22.3 Å². The van der Waals surface area contributed by atoms with Gasteiger partial charge >= 0.3 is 12.8 Å². The fourth-order valence-electron chi connectivity index (χ4n) is 4.10. The molecule has 1 amide bonds. The molecule has 37 heavy (non-hydrogen) atoms. The van der Waals surface area contributed by atoms with Gasteiger partial charge in [-0.15, -0.1) is 0 Å². The van der Waals surface area contributed by atoms with Crippen molar-refractivity contribution < 1.29 is 44.3 Å². The molecule has 1 saturated carbocycles. The number of nitrogens with two attached hydrogens (primary N) is 1. The quantitative estimate of drug-likeness (QED) is 0.401. The number of sulfonamides is 1. The van der Waals surface area contributed by atoms with E-state index in [1.165, 1.54) is 9.29 Å². The van der Waals surface area contributed by atoms with Crippen molar-refractivity contribution in [3.05, 3.63) is 41.8 Å². The third-order valence-electron chi connectivity index (χ3n) is 6.05. The molecule has 200 valence electrons. The normalized spacial score (nSPS) is 15.7. The molecule has 4 rings (SSSR count). The van der Waals surface area contributed by atoms with Crippen LogP contribution in [0.15, 0.2) is 35.4 Å². The van der Waals surface area contributed by atoms with Crippen molar-refractivity contribution in [3.63, 3.8) is 0 Å². The molecule has 0 aliphatic heterocycles. The molecular weight excluding hydrogens is 530 g/mol. The molecule has 0 radical (unpaired) electrons. The van der Waals surface area contributed by atoms with Gasteiger partial charge in [0.05, 0.1) is 22.5 Å². The van der Waals surface area contributed by atoms with E-state index in [0.717, 1.165) is 30.8 Å². The number of aromatic nitrogens is 2. The summed E-state index contributed by atoms with van der Waals surface area (Å²) in [5.74, 6) is -2.59. The number of amides is 1. The van der Waals surface area contributed by atoms with Gasteiger partial charge in [0.15, 0.2) is 0 Å². The molecule has 8 nitrogen and oxygen atoms in total. The van der Waals surface area contributed by atoms with Crippen LogP contribution in [0.1, 0.15) is 42.6 Å². The van der Waals surface area contributed by atoms with Crippen molar-refractivity contribution in [1.29, 1.82) is 0 Å². The van der Waals surface area contributed by atoms with Crippen molar-refractivity contribution in [2.75, 3.05) is 0 Å². The Morgan fingerprint density at radius 3 is 2.41 bits per heavy atom. The highest BCUT2D eigenvalue weighted by Gasteiger charge is 2.39. The summed E-state index contributed by atoms with van der Waals surface area (Å²) in [6.07, 6.45) is -2.04. The van der Waals surface area contributed by atoms with Gasteiger partial charge in [-0.1, -0.05) is 0 Å². The molecule has 2 aromatic heterocycles. The zero-order chi connectivity index (χ0) is 27.3. The second kappa shape index (κ2) is 9.52. The number of halogens is 6. The monoisotopic (exact) mass is 550 g/mol. The van der Waals surface area contributed by atoms with E-state index in [9.17, 15) is 35.2 Å². The number of hydrogen-bond acceptors (Lipinski definition) is 5. The maximum Gasteiger partial charge on any atom is 0.404 e. The van der Waals surface area contributed by atoms with Crippen LogP contribution >= 0.6 is 0 Å². The summed E-state index contributed by atoms with van der Waals surface area (Å²) < 4.78 is 111. The number of ether oxygens (including phenoxy) is 1. The van der Waals surface area contributed by atoms with Crippen LogP contribution in [0.5, 0.6) is 5.75 Å². The van der Waals surface area contributed by atoms with Crippen molar-refractivity contribution >= 4 is 26.8 Å². The highest BCUT2D eigenvalue weighted by molar-refractivity contribution is 7.89. The number of carbonyl (C=O) groups excluding carboxylic acids is 1. The molecule has 1 aliphatic rings. The first-order chi connectivity index (χ1) is 17.2. The number of pyridine rings is 1. The average Bonchev–Trinajstić information content (AvgIpc) is 3.07. The molecule has 1 aromatic carbocycles. The van der Waals surface area contributed by atoms with Crippen LogP contribution in [0.2, 0.25) is 0 Å². The number of alkyl halides is 5. The number of carbonyl (C=O) groups is 1. The Balaban J connectivity index is 1.88. The maximum atomic E-state index is 15.1. The SMILES string of the molecule is C[C@H](NS(=O)(=O)c1ccc(-c2c(C(N)=O)c3c(F)cc(OC(F)F)cc3n2C2CCC2)nc1)C(F)(F)F. The Hall–Kier alpha value is -3.33. The molecule has 15 heteroatoms. The summed E-state index contributed by atoms with van der Waals surface area (Å²) in [5.41, 5.74) is 5.28. The molecular formula is C22H20F6N4O4S. The molecule has 3 aromatic rings. The fraction of sp³-hybridized carbons (Fsp3) is 0.364. The molecule has 1 atom stereocenters. The molecule has 3 N–H and O–H groups in total. The molecule has 0 saturated heterocycles. The van der Waals surface area contributed by atoms with Crippen LogP contribution < -0.4 is 15.2 Å². The molecule has 0 bridgehead atoms. The number of benzene rings is 1. The van der Waals surface area contributed by atoms with Crippen molar-refractivity contribution in [2.45, 2.75) is 56.0 Å². The zero-order valence-corrected chi connectivity index (χ0v) is 19.8. The lowest BCUT2D eigenvalue weighted by atomic mass is 9.92. The number of nitrogens with one attached hydrogen (secondary N) is 1. The Morgan fingerprint density at radius 2 is 1.92 bits per heavy atom. The van der Waals surface area contributed by atoms with Crippen LogP contribution in [0.4, 0.5) is 26.3 Å². The number of primary amides is 1.